The van der Waals surface area contributed by atoms with Crippen molar-refractivity contribution in [2.45, 2.75) is 19.9 Å². The molecule has 0 amide bonds. The van der Waals surface area contributed by atoms with Gasteiger partial charge in [0.05, 0.1) is 11.2 Å². The summed E-state index contributed by atoms with van der Waals surface area (Å²) >= 11 is 11.4. The lowest BCUT2D eigenvalue weighted by Crippen LogP contribution is -2.23. The molecular weight excluding hydrogens is 267 g/mol. The van der Waals surface area contributed by atoms with E-state index in [1.54, 1.807) is 0 Å². The molecule has 0 radical (unpaired) electrons. The molecule has 0 aliphatic heterocycles. The van der Waals surface area contributed by atoms with Crippen LogP contribution in [0.5, 0.6) is 0 Å². The number of rotatable bonds is 3. The lowest BCUT2D eigenvalue weighted by molar-refractivity contribution is 0.428. The second kappa shape index (κ2) is 4.85. The molecule has 0 bridgehead atoms. The van der Waals surface area contributed by atoms with Crippen LogP contribution in [0.15, 0.2) is 15.4 Å². The molecule has 0 spiro atoms. The molecule has 0 aliphatic carbocycles. The number of nitrogens with zero attached hydrogens (tertiary/aromatic N) is 4. The summed E-state index contributed by atoms with van der Waals surface area (Å²) in [7, 11) is 0. The molecule has 6 nitrogen and oxygen atoms in total. The van der Waals surface area contributed by atoms with Crippen molar-refractivity contribution in [3.63, 3.8) is 0 Å². The number of aromatic nitrogens is 4. The van der Waals surface area contributed by atoms with Crippen LogP contribution < -0.4 is 5.56 Å². The van der Waals surface area contributed by atoms with Gasteiger partial charge < -0.3 is 4.42 Å². The summed E-state index contributed by atoms with van der Waals surface area (Å²) in [5.74, 6) is 0.808. The van der Waals surface area contributed by atoms with Gasteiger partial charge in [-0.15, -0.1) is 10.2 Å². The number of halogens is 2. The van der Waals surface area contributed by atoms with Crippen LogP contribution in [0.3, 0.4) is 0 Å². The molecule has 17 heavy (non-hydrogen) atoms. The van der Waals surface area contributed by atoms with Crippen LogP contribution in [0.25, 0.3) is 0 Å². The first-order valence-corrected chi connectivity index (χ1v) is 5.59. The minimum atomic E-state index is -0.490. The van der Waals surface area contributed by atoms with E-state index in [0.29, 0.717) is 18.2 Å². The molecule has 0 atom stereocenters. The normalized spacial score (nSPS) is 10.8. The highest BCUT2D eigenvalue weighted by molar-refractivity contribution is 6.41. The van der Waals surface area contributed by atoms with E-state index in [0.717, 1.165) is 4.68 Å². The Morgan fingerprint density at radius 3 is 2.71 bits per heavy atom. The predicted molar refractivity (Wildman–Crippen MR) is 61.3 cm³/mol. The summed E-state index contributed by atoms with van der Waals surface area (Å²) in [6, 6.07) is 0. The van der Waals surface area contributed by atoms with E-state index in [1.807, 2.05) is 6.92 Å². The second-order valence-electron chi connectivity index (χ2n) is 3.21. The highest BCUT2D eigenvalue weighted by Crippen LogP contribution is 2.14. The molecule has 2 aromatic heterocycles. The third kappa shape index (κ3) is 2.48. The topological polar surface area (TPSA) is 73.8 Å². The van der Waals surface area contributed by atoms with Crippen molar-refractivity contribution < 1.29 is 4.42 Å². The van der Waals surface area contributed by atoms with Gasteiger partial charge in [-0.05, 0) is 0 Å². The van der Waals surface area contributed by atoms with Gasteiger partial charge in [-0.3, -0.25) is 4.79 Å². The average Bonchev–Trinajstić information content (AvgIpc) is 2.78. The predicted octanol–water partition coefficient (Wildman–Crippen LogP) is 1.54. The second-order valence-corrected chi connectivity index (χ2v) is 4.00. The molecule has 0 aliphatic rings. The van der Waals surface area contributed by atoms with E-state index in [1.165, 1.54) is 6.20 Å². The molecular formula is C9H8Cl2N4O2. The van der Waals surface area contributed by atoms with Crippen LogP contribution in [-0.2, 0) is 13.0 Å². The minimum Gasteiger partial charge on any atom is -0.423 e. The highest BCUT2D eigenvalue weighted by atomic mass is 35.5. The fraction of sp³-hybridized carbons (Fsp3) is 0.333. The van der Waals surface area contributed by atoms with Crippen molar-refractivity contribution in [3.05, 3.63) is 38.4 Å². The highest BCUT2D eigenvalue weighted by Gasteiger charge is 2.11. The standard InChI is InChI=1S/C9H8Cl2N4O2/c1-2-6-13-14-7(17-6)4-15-9(16)8(11)5(10)3-12-15/h3H,2,4H2,1H3. The third-order valence-corrected chi connectivity index (χ3v) is 2.79. The smallest absolute Gasteiger partial charge is 0.287 e. The van der Waals surface area contributed by atoms with Crippen LogP contribution in [0.2, 0.25) is 10.0 Å². The first kappa shape index (κ1) is 12.1. The molecule has 90 valence electrons. The summed E-state index contributed by atoms with van der Waals surface area (Å²) in [5.41, 5.74) is -0.490. The van der Waals surface area contributed by atoms with Gasteiger partial charge in [-0.1, -0.05) is 30.1 Å². The third-order valence-electron chi connectivity index (χ3n) is 2.04. The van der Waals surface area contributed by atoms with Gasteiger partial charge in [0.15, 0.2) is 0 Å². The minimum absolute atomic E-state index is 0.0721. The molecule has 0 N–H and O–H groups in total. The summed E-state index contributed by atoms with van der Waals surface area (Å²) < 4.78 is 6.38. The van der Waals surface area contributed by atoms with Crippen LogP contribution in [0.1, 0.15) is 18.7 Å². The van der Waals surface area contributed by atoms with E-state index in [-0.39, 0.29) is 16.6 Å². The Morgan fingerprint density at radius 1 is 1.35 bits per heavy atom. The maximum atomic E-state index is 11.7. The molecule has 8 heteroatoms. The van der Waals surface area contributed by atoms with Crippen molar-refractivity contribution in [2.75, 3.05) is 0 Å². The SMILES string of the molecule is CCc1nnc(Cn2ncc(Cl)c(Cl)c2=O)o1. The first-order valence-electron chi connectivity index (χ1n) is 4.84. The van der Waals surface area contributed by atoms with E-state index in [4.69, 9.17) is 27.6 Å². The molecule has 0 saturated carbocycles. The van der Waals surface area contributed by atoms with E-state index in [2.05, 4.69) is 15.3 Å². The zero-order chi connectivity index (χ0) is 12.4. The first-order chi connectivity index (χ1) is 8.11. The van der Waals surface area contributed by atoms with Crippen LogP contribution >= 0.6 is 23.2 Å². The van der Waals surface area contributed by atoms with Crippen molar-refractivity contribution in [3.8, 4) is 0 Å². The Kier molecular flexibility index (Phi) is 3.44. The zero-order valence-corrected chi connectivity index (χ0v) is 10.4. The Hall–Kier alpha value is -1.40. The van der Waals surface area contributed by atoms with Gasteiger partial charge in [0.1, 0.15) is 11.6 Å². The lowest BCUT2D eigenvalue weighted by Gasteiger charge is -2.01. The fourth-order valence-corrected chi connectivity index (χ4v) is 1.45. The van der Waals surface area contributed by atoms with Crippen LogP contribution in [0, 0.1) is 0 Å². The molecule has 2 aromatic rings. The van der Waals surface area contributed by atoms with E-state index >= 15 is 0 Å². The Morgan fingerprint density at radius 2 is 2.06 bits per heavy atom. The summed E-state index contributed by atoms with van der Waals surface area (Å²) in [6.07, 6.45) is 1.93. The van der Waals surface area contributed by atoms with Gasteiger partial charge in [-0.2, -0.15) is 5.10 Å². The average molecular weight is 275 g/mol. The molecule has 0 fully saturated rings. The van der Waals surface area contributed by atoms with Crippen molar-refractivity contribution in [2.24, 2.45) is 0 Å². The maximum Gasteiger partial charge on any atom is 0.287 e. The number of aryl methyl sites for hydroxylation is 1. The van der Waals surface area contributed by atoms with Crippen LogP contribution in [-0.4, -0.2) is 20.0 Å². The Balaban J connectivity index is 2.30. The summed E-state index contributed by atoms with van der Waals surface area (Å²) in [6.45, 7) is 1.96. The molecule has 2 rings (SSSR count). The fourth-order valence-electron chi connectivity index (χ4n) is 1.18. The van der Waals surface area contributed by atoms with Gasteiger partial charge in [0.2, 0.25) is 11.8 Å². The number of hydrogen-bond donors (Lipinski definition) is 0. The summed E-state index contributed by atoms with van der Waals surface area (Å²) in [4.78, 5) is 11.7. The maximum absolute atomic E-state index is 11.7. The zero-order valence-electron chi connectivity index (χ0n) is 8.85. The summed E-state index contributed by atoms with van der Waals surface area (Å²) in [5, 5.41) is 11.4. The van der Waals surface area contributed by atoms with E-state index < -0.39 is 5.56 Å². The van der Waals surface area contributed by atoms with Crippen molar-refractivity contribution in [1.29, 1.82) is 0 Å². The molecule has 0 aromatic carbocycles. The van der Waals surface area contributed by atoms with Crippen molar-refractivity contribution >= 4 is 23.2 Å². The van der Waals surface area contributed by atoms with Crippen LogP contribution in [0.4, 0.5) is 0 Å². The van der Waals surface area contributed by atoms with Gasteiger partial charge in [0.25, 0.3) is 5.56 Å². The van der Waals surface area contributed by atoms with Crippen molar-refractivity contribution in [1.82, 2.24) is 20.0 Å². The van der Waals surface area contributed by atoms with Gasteiger partial charge >= 0.3 is 0 Å². The van der Waals surface area contributed by atoms with Gasteiger partial charge in [0, 0.05) is 6.42 Å². The van der Waals surface area contributed by atoms with Gasteiger partial charge in [-0.25, -0.2) is 4.68 Å². The molecule has 0 saturated heterocycles. The monoisotopic (exact) mass is 274 g/mol. The Labute approximate surface area is 106 Å². The number of hydrogen-bond acceptors (Lipinski definition) is 5. The largest absolute Gasteiger partial charge is 0.423 e. The van der Waals surface area contributed by atoms with E-state index in [9.17, 15) is 4.79 Å². The quantitative estimate of drug-likeness (QED) is 0.849. The molecule has 0 unspecified atom stereocenters. The Bertz CT molecular complexity index is 593. The molecule has 2 heterocycles. The lowest BCUT2D eigenvalue weighted by atomic mass is 10.5.